The van der Waals surface area contributed by atoms with Gasteiger partial charge in [-0.15, -0.1) is 0 Å². The number of benzene rings is 1. The van der Waals surface area contributed by atoms with Crippen LogP contribution < -0.4 is 4.74 Å². The highest BCUT2D eigenvalue weighted by molar-refractivity contribution is 6.06. The molecule has 0 radical (unpaired) electrons. The highest BCUT2D eigenvalue weighted by Gasteiger charge is 2.67. The number of hydrazone groups is 1. The Morgan fingerprint density at radius 1 is 1.04 bits per heavy atom. The van der Waals surface area contributed by atoms with Crippen LogP contribution in [0.15, 0.2) is 41.5 Å². The summed E-state index contributed by atoms with van der Waals surface area (Å²) in [6, 6.07) is 7.35. The van der Waals surface area contributed by atoms with Crippen LogP contribution >= 0.6 is 0 Å². The molecule has 1 saturated heterocycles. The van der Waals surface area contributed by atoms with Crippen LogP contribution in [0.2, 0.25) is 0 Å². The van der Waals surface area contributed by atoms with Gasteiger partial charge < -0.3 is 4.74 Å². The topological polar surface area (TPSA) is 59.0 Å². The first-order chi connectivity index (χ1) is 11.7. The standard InChI is InChI=1S/C19H18N2O3/c1-24-11-4-2-10(3-5-11)9-20-21-18(22)16-12-6-7-13(15-8-14(12)15)17(16)19(21)23/h2-7,9,12-17H,8H2,1H3/b20-9-/t12-,13+,14-,15+,16+,17-. The second-order valence-electron chi connectivity index (χ2n) is 7.16. The van der Waals surface area contributed by atoms with E-state index in [0.29, 0.717) is 11.8 Å². The zero-order valence-corrected chi connectivity index (χ0v) is 13.3. The van der Waals surface area contributed by atoms with Crippen molar-refractivity contribution in [2.45, 2.75) is 6.42 Å². The van der Waals surface area contributed by atoms with Gasteiger partial charge in [0.1, 0.15) is 5.75 Å². The average Bonchev–Trinajstić information content (AvgIpc) is 3.39. The third-order valence-electron chi connectivity index (χ3n) is 6.08. The van der Waals surface area contributed by atoms with Crippen LogP contribution in [0, 0.1) is 35.5 Å². The maximum absolute atomic E-state index is 12.8. The molecule has 2 amide bonds. The summed E-state index contributed by atoms with van der Waals surface area (Å²) < 4.78 is 5.12. The van der Waals surface area contributed by atoms with E-state index in [9.17, 15) is 9.59 Å². The maximum atomic E-state index is 12.8. The summed E-state index contributed by atoms with van der Waals surface area (Å²) in [5, 5.41) is 5.32. The predicted octanol–water partition coefficient (Wildman–Crippen LogP) is 2.08. The van der Waals surface area contributed by atoms with Crippen molar-refractivity contribution in [2.75, 3.05) is 7.11 Å². The van der Waals surface area contributed by atoms with Crippen molar-refractivity contribution in [1.82, 2.24) is 5.01 Å². The largest absolute Gasteiger partial charge is 0.497 e. The van der Waals surface area contributed by atoms with Crippen molar-refractivity contribution in [3.63, 3.8) is 0 Å². The van der Waals surface area contributed by atoms with Crippen LogP contribution in [0.1, 0.15) is 12.0 Å². The summed E-state index contributed by atoms with van der Waals surface area (Å²) >= 11 is 0. The van der Waals surface area contributed by atoms with Crippen LogP contribution in [-0.2, 0) is 9.59 Å². The van der Waals surface area contributed by atoms with Crippen LogP contribution in [0.4, 0.5) is 0 Å². The van der Waals surface area contributed by atoms with E-state index in [2.05, 4.69) is 17.3 Å². The first-order valence-corrected chi connectivity index (χ1v) is 8.43. The van der Waals surface area contributed by atoms with Gasteiger partial charge in [0.2, 0.25) is 0 Å². The summed E-state index contributed by atoms with van der Waals surface area (Å²) in [7, 11) is 1.61. The summed E-state index contributed by atoms with van der Waals surface area (Å²) in [6.07, 6.45) is 7.08. The molecular formula is C19H18N2O3. The molecule has 3 fully saturated rings. The van der Waals surface area contributed by atoms with Gasteiger partial charge in [0.05, 0.1) is 25.2 Å². The van der Waals surface area contributed by atoms with E-state index < -0.39 is 0 Å². The van der Waals surface area contributed by atoms with Gasteiger partial charge in [-0.3, -0.25) is 9.59 Å². The van der Waals surface area contributed by atoms with Crippen molar-refractivity contribution in [1.29, 1.82) is 0 Å². The minimum Gasteiger partial charge on any atom is -0.497 e. The van der Waals surface area contributed by atoms with Crippen molar-refractivity contribution in [2.24, 2.45) is 40.6 Å². The van der Waals surface area contributed by atoms with Gasteiger partial charge in [-0.1, -0.05) is 12.2 Å². The highest BCUT2D eigenvalue weighted by Crippen LogP contribution is 2.65. The van der Waals surface area contributed by atoms with Crippen LogP contribution in [0.25, 0.3) is 0 Å². The quantitative estimate of drug-likeness (QED) is 0.486. The SMILES string of the molecule is COc1ccc(/C=N\N2C(=O)[C@@H]3[C@H]4C=C[C@H]([C@H]5C[C@@H]45)[C@@H]3C2=O)cc1. The van der Waals surface area contributed by atoms with Crippen LogP contribution in [0.3, 0.4) is 0 Å². The molecule has 2 saturated carbocycles. The van der Waals surface area contributed by atoms with E-state index >= 15 is 0 Å². The number of hydrogen-bond acceptors (Lipinski definition) is 4. The van der Waals surface area contributed by atoms with Crippen molar-refractivity contribution in [3.8, 4) is 5.75 Å². The number of rotatable bonds is 3. The highest BCUT2D eigenvalue weighted by atomic mass is 16.5. The Balaban J connectivity index is 1.41. The molecule has 0 aromatic heterocycles. The minimum atomic E-state index is -0.190. The molecule has 1 aromatic rings. The first-order valence-electron chi connectivity index (χ1n) is 8.43. The lowest BCUT2D eigenvalue weighted by Gasteiger charge is -2.37. The number of imide groups is 1. The Morgan fingerprint density at radius 2 is 1.62 bits per heavy atom. The zero-order chi connectivity index (χ0) is 16.4. The fourth-order valence-electron chi connectivity index (χ4n) is 4.87. The molecule has 5 nitrogen and oxygen atoms in total. The molecule has 1 heterocycles. The fraction of sp³-hybridized carbons (Fsp3) is 0.421. The number of hydrogen-bond donors (Lipinski definition) is 0. The third-order valence-corrected chi connectivity index (χ3v) is 6.08. The number of ether oxygens (including phenoxy) is 1. The second-order valence-corrected chi connectivity index (χ2v) is 7.16. The lowest BCUT2D eigenvalue weighted by molar-refractivity contribution is -0.140. The van der Waals surface area contributed by atoms with Crippen LogP contribution in [-0.4, -0.2) is 30.1 Å². The first kappa shape index (κ1) is 14.0. The Bertz CT molecular complexity index is 746. The Kier molecular flexibility index (Phi) is 2.78. The Morgan fingerprint density at radius 3 is 2.17 bits per heavy atom. The number of carbonyl (C=O) groups is 2. The van der Waals surface area contributed by atoms with Gasteiger partial charge in [0, 0.05) is 0 Å². The molecule has 0 spiro atoms. The molecule has 24 heavy (non-hydrogen) atoms. The van der Waals surface area contributed by atoms with E-state index in [-0.39, 0.29) is 35.5 Å². The van der Waals surface area contributed by atoms with Gasteiger partial charge in [-0.05, 0) is 59.9 Å². The molecule has 2 bridgehead atoms. The van der Waals surface area contributed by atoms with Crippen molar-refractivity contribution >= 4 is 18.0 Å². The normalized spacial score (nSPS) is 38.6. The predicted molar refractivity (Wildman–Crippen MR) is 87.1 cm³/mol. The zero-order valence-electron chi connectivity index (χ0n) is 13.3. The van der Waals surface area contributed by atoms with Crippen LogP contribution in [0.5, 0.6) is 5.75 Å². The molecular weight excluding hydrogens is 304 g/mol. The summed E-state index contributed by atoms with van der Waals surface area (Å²) in [5.74, 6) is 1.83. The molecule has 6 atom stereocenters. The Hall–Kier alpha value is -2.43. The summed E-state index contributed by atoms with van der Waals surface area (Å²) in [4.78, 5) is 25.5. The smallest absolute Gasteiger partial charge is 0.254 e. The average molecular weight is 322 g/mol. The molecule has 1 aliphatic heterocycles. The lowest BCUT2D eigenvalue weighted by atomic mass is 9.63. The molecule has 0 unspecified atom stereocenters. The van der Waals surface area contributed by atoms with E-state index in [1.807, 2.05) is 24.3 Å². The van der Waals surface area contributed by atoms with E-state index in [1.165, 1.54) is 6.42 Å². The van der Waals surface area contributed by atoms with Gasteiger partial charge in [0.15, 0.2) is 0 Å². The number of methoxy groups -OCH3 is 1. The monoisotopic (exact) mass is 322 g/mol. The van der Waals surface area contributed by atoms with E-state index in [4.69, 9.17) is 4.74 Å². The Labute approximate surface area is 140 Å². The van der Waals surface area contributed by atoms with Crippen molar-refractivity contribution in [3.05, 3.63) is 42.0 Å². The fourth-order valence-corrected chi connectivity index (χ4v) is 4.87. The van der Waals surface area contributed by atoms with Crippen molar-refractivity contribution < 1.29 is 14.3 Å². The van der Waals surface area contributed by atoms with Gasteiger partial charge in [-0.2, -0.15) is 10.1 Å². The molecule has 1 aromatic carbocycles. The number of nitrogens with zero attached hydrogens (tertiary/aromatic N) is 2. The lowest BCUT2D eigenvalue weighted by Crippen LogP contribution is -2.40. The number of amides is 2. The summed E-state index contributed by atoms with van der Waals surface area (Å²) in [5.41, 5.74) is 0.829. The van der Waals surface area contributed by atoms with Gasteiger partial charge in [0.25, 0.3) is 11.8 Å². The molecule has 5 aliphatic rings. The van der Waals surface area contributed by atoms with E-state index in [0.717, 1.165) is 16.3 Å². The van der Waals surface area contributed by atoms with Gasteiger partial charge >= 0.3 is 0 Å². The second kappa shape index (κ2) is 4.79. The molecule has 5 heteroatoms. The molecule has 122 valence electrons. The maximum Gasteiger partial charge on any atom is 0.254 e. The van der Waals surface area contributed by atoms with E-state index in [1.54, 1.807) is 13.3 Å². The summed E-state index contributed by atoms with van der Waals surface area (Å²) in [6.45, 7) is 0. The third kappa shape index (κ3) is 1.78. The molecule has 6 rings (SSSR count). The number of allylic oxidation sites excluding steroid dienone is 2. The van der Waals surface area contributed by atoms with Gasteiger partial charge in [-0.25, -0.2) is 0 Å². The number of carbonyl (C=O) groups excluding carboxylic acids is 2. The molecule has 0 N–H and O–H groups in total. The minimum absolute atomic E-state index is 0.125. The molecule has 4 aliphatic carbocycles.